The van der Waals surface area contributed by atoms with Gasteiger partial charge in [-0.3, -0.25) is 0 Å². The Kier molecular flexibility index (Phi) is 3.85. The number of hydrogen-bond acceptors (Lipinski definition) is 2. The molecule has 2 nitrogen and oxygen atoms in total. The van der Waals surface area contributed by atoms with E-state index in [2.05, 4.69) is 29.7 Å². The molecule has 2 rings (SSSR count). The molecule has 1 saturated heterocycles. The largest absolute Gasteiger partial charge is 0.315 e. The van der Waals surface area contributed by atoms with Crippen LogP contribution in [0.15, 0.2) is 24.3 Å². The van der Waals surface area contributed by atoms with Crippen molar-refractivity contribution in [3.8, 4) is 0 Å². The van der Waals surface area contributed by atoms with Crippen molar-refractivity contribution >= 4 is 11.6 Å². The maximum absolute atomic E-state index is 5.89. The zero-order chi connectivity index (χ0) is 11.4. The summed E-state index contributed by atoms with van der Waals surface area (Å²) in [5.74, 6) is 0. The summed E-state index contributed by atoms with van der Waals surface area (Å²) in [7, 11) is 0. The average Bonchev–Trinajstić information content (AvgIpc) is 2.47. The van der Waals surface area contributed by atoms with Crippen LogP contribution in [0.5, 0.6) is 0 Å². The second-order valence-corrected chi connectivity index (χ2v) is 5.40. The summed E-state index contributed by atoms with van der Waals surface area (Å²) in [5.41, 5.74) is 1.65. The molecule has 0 bridgehead atoms. The van der Waals surface area contributed by atoms with Crippen molar-refractivity contribution in [3.63, 3.8) is 0 Å². The summed E-state index contributed by atoms with van der Waals surface area (Å²) in [6.07, 6.45) is 1.09. The minimum Gasteiger partial charge on any atom is -0.315 e. The lowest BCUT2D eigenvalue weighted by atomic mass is 9.83. The summed E-state index contributed by atoms with van der Waals surface area (Å²) in [5, 5.41) is 7.77. The van der Waals surface area contributed by atoms with Gasteiger partial charge in [-0.1, -0.05) is 30.7 Å². The van der Waals surface area contributed by atoms with Crippen LogP contribution in [-0.2, 0) is 6.42 Å². The van der Waals surface area contributed by atoms with E-state index in [1.165, 1.54) is 5.56 Å². The van der Waals surface area contributed by atoms with E-state index < -0.39 is 0 Å². The molecular weight excluding hydrogens is 220 g/mol. The monoisotopic (exact) mass is 238 g/mol. The Balaban J connectivity index is 2.04. The predicted molar refractivity (Wildman–Crippen MR) is 69.0 cm³/mol. The molecule has 0 aliphatic carbocycles. The number of hydrogen-bond donors (Lipinski definition) is 2. The Morgan fingerprint density at radius 1 is 1.12 bits per heavy atom. The fourth-order valence-corrected chi connectivity index (χ4v) is 2.37. The highest BCUT2D eigenvalue weighted by Gasteiger charge is 2.25. The molecule has 88 valence electrons. The van der Waals surface area contributed by atoms with Crippen LogP contribution in [0.4, 0.5) is 0 Å². The lowest BCUT2D eigenvalue weighted by Crippen LogP contribution is -2.37. The molecule has 2 N–H and O–H groups in total. The summed E-state index contributed by atoms with van der Waals surface area (Å²) in [4.78, 5) is 0. The Labute approximate surface area is 102 Å². The van der Waals surface area contributed by atoms with E-state index >= 15 is 0 Å². The molecule has 1 aliphatic heterocycles. The van der Waals surface area contributed by atoms with Gasteiger partial charge in [0.1, 0.15) is 0 Å². The second-order valence-electron chi connectivity index (χ2n) is 4.97. The van der Waals surface area contributed by atoms with Crippen molar-refractivity contribution in [3.05, 3.63) is 34.9 Å². The van der Waals surface area contributed by atoms with Crippen LogP contribution >= 0.6 is 11.6 Å². The summed E-state index contributed by atoms with van der Waals surface area (Å²) >= 11 is 5.89. The molecule has 1 aromatic rings. The summed E-state index contributed by atoms with van der Waals surface area (Å²) in [6, 6.07) is 8.19. The molecule has 3 heteroatoms. The number of halogens is 1. The SMILES string of the molecule is CC1(Cc2ccc(Cl)cc2)CNCCNC1. The standard InChI is InChI=1S/C13H19ClN2/c1-13(9-15-6-7-16-10-13)8-11-2-4-12(14)5-3-11/h2-5,15-16H,6-10H2,1H3. The van der Waals surface area contributed by atoms with Crippen molar-refractivity contribution in [1.29, 1.82) is 0 Å². The minimum atomic E-state index is 0.296. The van der Waals surface area contributed by atoms with Crippen LogP contribution < -0.4 is 10.6 Å². The van der Waals surface area contributed by atoms with Crippen LogP contribution in [0.3, 0.4) is 0 Å². The third-order valence-electron chi connectivity index (χ3n) is 3.13. The third-order valence-corrected chi connectivity index (χ3v) is 3.38. The molecule has 1 aliphatic rings. The Morgan fingerprint density at radius 2 is 1.69 bits per heavy atom. The zero-order valence-electron chi connectivity index (χ0n) is 9.72. The first-order valence-corrected chi connectivity index (χ1v) is 6.22. The van der Waals surface area contributed by atoms with Gasteiger partial charge >= 0.3 is 0 Å². The normalized spacial score (nSPS) is 20.4. The molecule has 0 spiro atoms. The van der Waals surface area contributed by atoms with Gasteiger partial charge in [-0.15, -0.1) is 0 Å². The van der Waals surface area contributed by atoms with Crippen molar-refractivity contribution in [2.24, 2.45) is 5.41 Å². The minimum absolute atomic E-state index is 0.296. The zero-order valence-corrected chi connectivity index (χ0v) is 10.5. The molecule has 0 radical (unpaired) electrons. The van der Waals surface area contributed by atoms with E-state index in [1.54, 1.807) is 0 Å². The van der Waals surface area contributed by atoms with E-state index in [0.717, 1.165) is 37.6 Å². The van der Waals surface area contributed by atoms with E-state index in [0.29, 0.717) is 5.41 Å². The quantitative estimate of drug-likeness (QED) is 0.825. The van der Waals surface area contributed by atoms with Crippen LogP contribution in [0.1, 0.15) is 12.5 Å². The molecule has 0 saturated carbocycles. The first-order chi connectivity index (χ1) is 7.68. The van der Waals surface area contributed by atoms with Gasteiger partial charge in [0, 0.05) is 31.2 Å². The first kappa shape index (κ1) is 11.9. The van der Waals surface area contributed by atoms with Gasteiger partial charge in [-0.05, 0) is 29.5 Å². The van der Waals surface area contributed by atoms with E-state index in [9.17, 15) is 0 Å². The van der Waals surface area contributed by atoms with Gasteiger partial charge in [0.05, 0.1) is 0 Å². The highest BCUT2D eigenvalue weighted by atomic mass is 35.5. The molecule has 16 heavy (non-hydrogen) atoms. The maximum Gasteiger partial charge on any atom is 0.0406 e. The Morgan fingerprint density at radius 3 is 2.25 bits per heavy atom. The molecule has 0 amide bonds. The fourth-order valence-electron chi connectivity index (χ4n) is 2.24. The van der Waals surface area contributed by atoms with Gasteiger partial charge < -0.3 is 10.6 Å². The second kappa shape index (κ2) is 5.17. The fraction of sp³-hybridized carbons (Fsp3) is 0.538. The van der Waals surface area contributed by atoms with Gasteiger partial charge in [0.15, 0.2) is 0 Å². The Bertz CT molecular complexity index is 326. The van der Waals surface area contributed by atoms with E-state index in [1.807, 2.05) is 12.1 Å². The average molecular weight is 239 g/mol. The number of nitrogens with one attached hydrogen (secondary N) is 2. The van der Waals surface area contributed by atoms with Crippen molar-refractivity contribution in [2.45, 2.75) is 13.3 Å². The van der Waals surface area contributed by atoms with Crippen LogP contribution in [-0.4, -0.2) is 26.2 Å². The molecule has 1 fully saturated rings. The van der Waals surface area contributed by atoms with Crippen LogP contribution in [0.25, 0.3) is 0 Å². The topological polar surface area (TPSA) is 24.1 Å². The maximum atomic E-state index is 5.89. The predicted octanol–water partition coefficient (Wildman–Crippen LogP) is 2.08. The lowest BCUT2D eigenvalue weighted by Gasteiger charge is -2.28. The molecule has 0 aromatic heterocycles. The lowest BCUT2D eigenvalue weighted by molar-refractivity contribution is 0.315. The number of rotatable bonds is 2. The van der Waals surface area contributed by atoms with Gasteiger partial charge in [-0.25, -0.2) is 0 Å². The van der Waals surface area contributed by atoms with E-state index in [-0.39, 0.29) is 0 Å². The van der Waals surface area contributed by atoms with Gasteiger partial charge in [0.25, 0.3) is 0 Å². The van der Waals surface area contributed by atoms with E-state index in [4.69, 9.17) is 11.6 Å². The van der Waals surface area contributed by atoms with Gasteiger partial charge in [0.2, 0.25) is 0 Å². The smallest absolute Gasteiger partial charge is 0.0406 e. The van der Waals surface area contributed by atoms with Gasteiger partial charge in [-0.2, -0.15) is 0 Å². The molecule has 0 unspecified atom stereocenters. The van der Waals surface area contributed by atoms with Crippen LogP contribution in [0.2, 0.25) is 5.02 Å². The molecular formula is C13H19ClN2. The highest BCUT2D eigenvalue weighted by molar-refractivity contribution is 6.30. The van der Waals surface area contributed by atoms with Crippen molar-refractivity contribution < 1.29 is 0 Å². The van der Waals surface area contributed by atoms with Crippen molar-refractivity contribution in [1.82, 2.24) is 10.6 Å². The molecule has 0 atom stereocenters. The molecule has 1 heterocycles. The third kappa shape index (κ3) is 3.21. The summed E-state index contributed by atoms with van der Waals surface area (Å²) in [6.45, 7) is 6.60. The number of benzene rings is 1. The van der Waals surface area contributed by atoms with Crippen LogP contribution in [0, 0.1) is 5.41 Å². The van der Waals surface area contributed by atoms with Crippen molar-refractivity contribution in [2.75, 3.05) is 26.2 Å². The summed E-state index contributed by atoms with van der Waals surface area (Å²) < 4.78 is 0. The Hall–Kier alpha value is -0.570. The first-order valence-electron chi connectivity index (χ1n) is 5.84. The highest BCUT2D eigenvalue weighted by Crippen LogP contribution is 2.23. The molecule has 1 aromatic carbocycles.